The maximum Gasteiger partial charge on any atom is 0.293 e. The Morgan fingerprint density at radius 1 is 1.00 bits per heavy atom. The molecule has 1 aliphatic rings. The van der Waals surface area contributed by atoms with Crippen molar-refractivity contribution in [3.8, 4) is 0 Å². The van der Waals surface area contributed by atoms with Crippen LogP contribution in [0.3, 0.4) is 0 Å². The lowest BCUT2D eigenvalue weighted by molar-refractivity contribution is -0.917. The van der Waals surface area contributed by atoms with Crippen molar-refractivity contribution in [3.63, 3.8) is 0 Å². The quantitative estimate of drug-likeness (QED) is 0.548. The molecule has 1 aliphatic carbocycles. The maximum absolute atomic E-state index is 13.1. The zero-order valence-electron chi connectivity index (χ0n) is 17.6. The highest BCUT2D eigenvalue weighted by Gasteiger charge is 2.34. The average Bonchev–Trinajstić information content (AvgIpc) is 3.60. The van der Waals surface area contributed by atoms with Gasteiger partial charge in [-0.25, -0.2) is 4.39 Å². The molecule has 1 saturated carbocycles. The van der Waals surface area contributed by atoms with Crippen LogP contribution in [0.25, 0.3) is 0 Å². The van der Waals surface area contributed by atoms with Gasteiger partial charge in [0.1, 0.15) is 12.4 Å². The molecular weight excluding hydrogens is 383 g/mol. The molecule has 2 aromatic carbocycles. The molecule has 6 nitrogen and oxygen atoms in total. The first-order valence-electron chi connectivity index (χ1n) is 10.5. The predicted octanol–water partition coefficient (Wildman–Crippen LogP) is 1.68. The summed E-state index contributed by atoms with van der Waals surface area (Å²) in [5.41, 5.74) is 7.55. The first-order chi connectivity index (χ1) is 14.5. The number of carbonyl (C=O) groups is 2. The fraction of sp³-hybridized carbons (Fsp3) is 0.391. The Morgan fingerprint density at radius 2 is 1.63 bits per heavy atom. The Labute approximate surface area is 177 Å². The van der Waals surface area contributed by atoms with Gasteiger partial charge in [-0.3, -0.25) is 20.4 Å². The number of hydrazine groups is 1. The molecule has 1 atom stereocenters. The van der Waals surface area contributed by atoms with E-state index in [1.807, 2.05) is 12.1 Å². The van der Waals surface area contributed by atoms with Crippen LogP contribution in [-0.2, 0) is 11.3 Å². The summed E-state index contributed by atoms with van der Waals surface area (Å²) >= 11 is 0. The lowest BCUT2D eigenvalue weighted by Crippen LogP contribution is -3.13. The number of rotatable bonds is 9. The first-order valence-corrected chi connectivity index (χ1v) is 10.5. The minimum absolute atomic E-state index is 0.243. The summed E-state index contributed by atoms with van der Waals surface area (Å²) < 4.78 is 13.1. The molecule has 3 rings (SSSR count). The van der Waals surface area contributed by atoms with Crippen LogP contribution in [0.15, 0.2) is 48.5 Å². The number of nitrogens with one attached hydrogen (secondary N) is 3. The van der Waals surface area contributed by atoms with Gasteiger partial charge in [0.05, 0.1) is 6.04 Å². The zero-order chi connectivity index (χ0) is 21.5. The van der Waals surface area contributed by atoms with Gasteiger partial charge in [-0.15, -0.1) is 0 Å². The Hall–Kier alpha value is -2.93. The van der Waals surface area contributed by atoms with Crippen molar-refractivity contribution in [3.05, 3.63) is 65.5 Å². The highest BCUT2D eigenvalue weighted by molar-refractivity contribution is 5.95. The standard InChI is InChI=1S/C23H29FN4O2/c1-3-27(4-2)20-11-7-18(8-12-20)23(30)26-25-22(29)16-28(21-13-14-21)15-17-5-9-19(24)10-6-17/h5-12,21H,3-4,13-16H2,1-2H3,(H,25,29)(H,26,30)/p+1. The van der Waals surface area contributed by atoms with E-state index >= 15 is 0 Å². The number of hydrogen-bond donors (Lipinski definition) is 3. The highest BCUT2D eigenvalue weighted by Crippen LogP contribution is 2.16. The second kappa shape index (κ2) is 10.2. The Bertz CT molecular complexity index is 847. The van der Waals surface area contributed by atoms with Crippen LogP contribution in [0.4, 0.5) is 10.1 Å². The number of carbonyl (C=O) groups excluding carboxylic acids is 2. The van der Waals surface area contributed by atoms with Crippen molar-refractivity contribution < 1.29 is 18.9 Å². The van der Waals surface area contributed by atoms with E-state index in [0.29, 0.717) is 18.2 Å². The molecule has 0 saturated heterocycles. The van der Waals surface area contributed by atoms with E-state index in [-0.39, 0.29) is 24.2 Å². The van der Waals surface area contributed by atoms with Crippen molar-refractivity contribution in [1.82, 2.24) is 10.9 Å². The monoisotopic (exact) mass is 413 g/mol. The smallest absolute Gasteiger partial charge is 0.293 e. The second-order valence-corrected chi connectivity index (χ2v) is 7.63. The topological polar surface area (TPSA) is 65.9 Å². The number of quaternary nitrogens is 1. The fourth-order valence-corrected chi connectivity index (χ4v) is 3.57. The summed E-state index contributed by atoms with van der Waals surface area (Å²) in [5.74, 6) is -0.856. The summed E-state index contributed by atoms with van der Waals surface area (Å²) in [6.07, 6.45) is 2.16. The minimum Gasteiger partial charge on any atom is -0.372 e. The van der Waals surface area contributed by atoms with Gasteiger partial charge < -0.3 is 9.80 Å². The molecule has 7 heteroatoms. The molecule has 1 unspecified atom stereocenters. The molecule has 0 radical (unpaired) electrons. The number of hydrogen-bond acceptors (Lipinski definition) is 3. The highest BCUT2D eigenvalue weighted by atomic mass is 19.1. The molecule has 0 aliphatic heterocycles. The van der Waals surface area contributed by atoms with Crippen LogP contribution >= 0.6 is 0 Å². The largest absolute Gasteiger partial charge is 0.372 e. The normalized spacial score (nSPS) is 14.1. The number of amides is 2. The van der Waals surface area contributed by atoms with Crippen LogP contribution in [-0.4, -0.2) is 37.5 Å². The molecule has 0 spiro atoms. The number of anilines is 1. The van der Waals surface area contributed by atoms with Gasteiger partial charge in [-0.1, -0.05) is 12.1 Å². The van der Waals surface area contributed by atoms with E-state index in [9.17, 15) is 14.0 Å². The predicted molar refractivity (Wildman–Crippen MR) is 115 cm³/mol. The molecule has 30 heavy (non-hydrogen) atoms. The molecule has 160 valence electrons. The van der Waals surface area contributed by atoms with E-state index < -0.39 is 0 Å². The molecule has 1 fully saturated rings. The van der Waals surface area contributed by atoms with Gasteiger partial charge in [-0.05, 0) is 50.2 Å². The van der Waals surface area contributed by atoms with Crippen molar-refractivity contribution >= 4 is 17.5 Å². The van der Waals surface area contributed by atoms with Crippen LogP contribution in [0, 0.1) is 5.82 Å². The van der Waals surface area contributed by atoms with Gasteiger partial charge in [0.15, 0.2) is 6.54 Å². The minimum atomic E-state index is -0.346. The van der Waals surface area contributed by atoms with E-state index in [1.165, 1.54) is 12.1 Å². The lowest BCUT2D eigenvalue weighted by atomic mass is 10.2. The zero-order valence-corrected chi connectivity index (χ0v) is 17.6. The van der Waals surface area contributed by atoms with Crippen molar-refractivity contribution in [2.75, 3.05) is 24.5 Å². The third-order valence-electron chi connectivity index (χ3n) is 5.46. The third kappa shape index (κ3) is 6.03. The lowest BCUT2D eigenvalue weighted by Gasteiger charge is -2.21. The maximum atomic E-state index is 13.1. The molecule has 2 aromatic rings. The summed E-state index contributed by atoms with van der Waals surface area (Å²) in [7, 11) is 0. The van der Waals surface area contributed by atoms with Crippen LogP contribution in [0.5, 0.6) is 0 Å². The first kappa shape index (κ1) is 21.8. The molecular formula is C23H30FN4O2+. The van der Waals surface area contributed by atoms with E-state index in [2.05, 4.69) is 29.6 Å². The van der Waals surface area contributed by atoms with E-state index in [0.717, 1.165) is 42.1 Å². The van der Waals surface area contributed by atoms with Crippen molar-refractivity contribution in [1.29, 1.82) is 0 Å². The summed E-state index contributed by atoms with van der Waals surface area (Å²) in [4.78, 5) is 28.0. The number of nitrogens with zero attached hydrogens (tertiary/aromatic N) is 1. The van der Waals surface area contributed by atoms with Crippen LogP contribution < -0.4 is 20.7 Å². The number of halogens is 1. The Balaban J connectivity index is 1.50. The fourth-order valence-electron chi connectivity index (χ4n) is 3.57. The second-order valence-electron chi connectivity index (χ2n) is 7.63. The molecule has 0 aromatic heterocycles. The molecule has 3 N–H and O–H groups in total. The summed E-state index contributed by atoms with van der Waals surface area (Å²) in [5, 5.41) is 0. The third-order valence-corrected chi connectivity index (χ3v) is 5.46. The van der Waals surface area contributed by atoms with E-state index in [1.54, 1.807) is 24.3 Å². The van der Waals surface area contributed by atoms with Crippen molar-refractivity contribution in [2.24, 2.45) is 0 Å². The molecule has 0 heterocycles. The van der Waals surface area contributed by atoms with Gasteiger partial charge in [0.2, 0.25) is 0 Å². The van der Waals surface area contributed by atoms with E-state index in [4.69, 9.17) is 0 Å². The van der Waals surface area contributed by atoms with Crippen LogP contribution in [0.1, 0.15) is 42.6 Å². The molecule has 0 bridgehead atoms. The Morgan fingerprint density at radius 3 is 2.20 bits per heavy atom. The van der Waals surface area contributed by atoms with Crippen LogP contribution in [0.2, 0.25) is 0 Å². The van der Waals surface area contributed by atoms with Gasteiger partial charge in [-0.2, -0.15) is 0 Å². The average molecular weight is 414 g/mol. The van der Waals surface area contributed by atoms with Crippen molar-refractivity contribution in [2.45, 2.75) is 39.3 Å². The van der Waals surface area contributed by atoms with Gasteiger partial charge in [0.25, 0.3) is 11.8 Å². The van der Waals surface area contributed by atoms with Gasteiger partial charge >= 0.3 is 0 Å². The number of benzene rings is 2. The molecule has 2 amide bonds. The summed E-state index contributed by atoms with van der Waals surface area (Å²) in [6, 6.07) is 14.1. The Kier molecular flexibility index (Phi) is 7.41. The van der Waals surface area contributed by atoms with Gasteiger partial charge in [0, 0.05) is 42.7 Å². The SMILES string of the molecule is CCN(CC)c1ccc(C(=O)NNC(=O)C[NH+](Cc2ccc(F)cc2)C2CC2)cc1. The summed E-state index contributed by atoms with van der Waals surface area (Å²) in [6.45, 7) is 6.87.